The lowest BCUT2D eigenvalue weighted by Crippen LogP contribution is -2.05. The van der Waals surface area contributed by atoms with Gasteiger partial charge in [0.1, 0.15) is 5.82 Å². The van der Waals surface area contributed by atoms with E-state index in [1.54, 1.807) is 24.5 Å². The normalized spacial score (nSPS) is 11.8. The number of aromatic nitrogens is 4. The fraction of sp³-hybridized carbons (Fsp3) is 0.0714. The van der Waals surface area contributed by atoms with Crippen LogP contribution in [0, 0.1) is 5.82 Å². The number of thioether (sulfide) groups is 1. The lowest BCUT2D eigenvalue weighted by Gasteiger charge is -2.10. The molecule has 7 heteroatoms. The number of Topliss-reactive ketones (excluding diaryl/α,β-unsaturated/α-hetero) is 1. The van der Waals surface area contributed by atoms with Gasteiger partial charge in [0.2, 0.25) is 0 Å². The largest absolute Gasteiger partial charge is 0.293 e. The third kappa shape index (κ3) is 4.04. The highest BCUT2D eigenvalue weighted by atomic mass is 32.2. The molecular weight excluding hydrogens is 459 g/mol. The Morgan fingerprint density at radius 1 is 0.886 bits per heavy atom. The van der Waals surface area contributed by atoms with E-state index in [1.807, 2.05) is 41.0 Å². The summed E-state index contributed by atoms with van der Waals surface area (Å²) < 4.78 is 15.4. The molecular formula is C28H19FN4OS. The van der Waals surface area contributed by atoms with Crippen molar-refractivity contribution in [2.24, 2.45) is 0 Å². The van der Waals surface area contributed by atoms with Gasteiger partial charge < -0.3 is 0 Å². The Hall–Kier alpha value is -4.10. The molecule has 2 aromatic heterocycles. The standard InChI is InChI=1S/C28H19FN4OS/c29-22-7-9-23(10-8-22)33-27(18-11-13-30-14-12-18)31-32-28(33)35-17-26(34)21-6-5-20-15-19-3-1-2-4-24(19)25(20)16-21/h1-14,16H,15,17H2. The van der Waals surface area contributed by atoms with Gasteiger partial charge >= 0.3 is 0 Å². The van der Waals surface area contributed by atoms with Gasteiger partial charge in [-0.25, -0.2) is 4.39 Å². The van der Waals surface area contributed by atoms with Crippen molar-refractivity contribution in [1.82, 2.24) is 19.7 Å². The van der Waals surface area contributed by atoms with Gasteiger partial charge in [0.05, 0.1) is 5.75 Å². The van der Waals surface area contributed by atoms with Gasteiger partial charge in [0.15, 0.2) is 16.8 Å². The third-order valence-electron chi connectivity index (χ3n) is 6.11. The summed E-state index contributed by atoms with van der Waals surface area (Å²) >= 11 is 1.31. The van der Waals surface area contributed by atoms with Crippen LogP contribution in [0.25, 0.3) is 28.2 Å². The average molecular weight is 479 g/mol. The zero-order chi connectivity index (χ0) is 23.8. The maximum Gasteiger partial charge on any atom is 0.196 e. The zero-order valence-corrected chi connectivity index (χ0v) is 19.4. The lowest BCUT2D eigenvalue weighted by atomic mass is 10.0. The summed E-state index contributed by atoms with van der Waals surface area (Å²) in [5.41, 5.74) is 7.08. The number of hydrogen-bond acceptors (Lipinski definition) is 5. The minimum Gasteiger partial charge on any atom is -0.293 e. The molecule has 0 saturated heterocycles. The average Bonchev–Trinajstić information content (AvgIpc) is 3.49. The molecule has 1 aliphatic rings. The van der Waals surface area contributed by atoms with Crippen molar-refractivity contribution >= 4 is 17.5 Å². The molecule has 35 heavy (non-hydrogen) atoms. The number of benzene rings is 3. The summed E-state index contributed by atoms with van der Waals surface area (Å²) in [7, 11) is 0. The number of hydrogen-bond donors (Lipinski definition) is 0. The Labute approximate surface area is 205 Å². The predicted molar refractivity (Wildman–Crippen MR) is 134 cm³/mol. The highest BCUT2D eigenvalue weighted by Crippen LogP contribution is 2.37. The molecule has 3 aromatic carbocycles. The first-order chi connectivity index (χ1) is 17.2. The maximum atomic E-state index is 13.6. The van der Waals surface area contributed by atoms with Crippen LogP contribution in [0.3, 0.4) is 0 Å². The highest BCUT2D eigenvalue weighted by Gasteiger charge is 2.21. The molecule has 6 rings (SSSR count). The van der Waals surface area contributed by atoms with Gasteiger partial charge in [-0.1, -0.05) is 48.2 Å². The van der Waals surface area contributed by atoms with Crippen LogP contribution in [0.2, 0.25) is 0 Å². The Morgan fingerprint density at radius 2 is 1.66 bits per heavy atom. The van der Waals surface area contributed by atoms with Crippen molar-refractivity contribution in [3.05, 3.63) is 114 Å². The smallest absolute Gasteiger partial charge is 0.196 e. The minimum atomic E-state index is -0.324. The topological polar surface area (TPSA) is 60.7 Å². The maximum absolute atomic E-state index is 13.6. The van der Waals surface area contributed by atoms with E-state index in [4.69, 9.17) is 0 Å². The molecule has 170 valence electrons. The molecule has 0 atom stereocenters. The van der Waals surface area contributed by atoms with Gasteiger partial charge in [-0.3, -0.25) is 14.3 Å². The summed E-state index contributed by atoms with van der Waals surface area (Å²) in [4.78, 5) is 17.2. The van der Waals surface area contributed by atoms with Crippen LogP contribution in [-0.2, 0) is 6.42 Å². The van der Waals surface area contributed by atoms with E-state index in [-0.39, 0.29) is 17.4 Å². The van der Waals surface area contributed by atoms with Crippen molar-refractivity contribution in [3.8, 4) is 28.2 Å². The number of pyridine rings is 1. The highest BCUT2D eigenvalue weighted by molar-refractivity contribution is 7.99. The van der Waals surface area contributed by atoms with E-state index >= 15 is 0 Å². The van der Waals surface area contributed by atoms with Crippen molar-refractivity contribution in [2.45, 2.75) is 11.6 Å². The second-order valence-electron chi connectivity index (χ2n) is 8.27. The van der Waals surface area contributed by atoms with E-state index in [0.717, 1.165) is 17.5 Å². The molecule has 0 fully saturated rings. The van der Waals surface area contributed by atoms with Gasteiger partial charge in [-0.05, 0) is 71.1 Å². The van der Waals surface area contributed by atoms with Crippen molar-refractivity contribution in [3.63, 3.8) is 0 Å². The van der Waals surface area contributed by atoms with E-state index < -0.39 is 0 Å². The summed E-state index contributed by atoms with van der Waals surface area (Å²) in [6, 6.07) is 24.1. The van der Waals surface area contributed by atoms with E-state index in [9.17, 15) is 9.18 Å². The zero-order valence-electron chi connectivity index (χ0n) is 18.6. The van der Waals surface area contributed by atoms with Crippen molar-refractivity contribution in [1.29, 1.82) is 0 Å². The third-order valence-corrected chi connectivity index (χ3v) is 7.04. The molecule has 5 aromatic rings. The molecule has 1 aliphatic carbocycles. The van der Waals surface area contributed by atoms with Crippen molar-refractivity contribution < 1.29 is 9.18 Å². The Morgan fingerprint density at radius 3 is 2.49 bits per heavy atom. The predicted octanol–water partition coefficient (Wildman–Crippen LogP) is 6.01. The molecule has 0 spiro atoms. The number of nitrogens with zero attached hydrogens (tertiary/aromatic N) is 4. The number of fused-ring (bicyclic) bond motifs is 3. The number of rotatable bonds is 6. The van der Waals surface area contributed by atoms with Crippen LogP contribution >= 0.6 is 11.8 Å². The van der Waals surface area contributed by atoms with Crippen LogP contribution in [0.5, 0.6) is 0 Å². The molecule has 0 radical (unpaired) electrons. The molecule has 0 amide bonds. The first-order valence-electron chi connectivity index (χ1n) is 11.2. The molecule has 0 saturated carbocycles. The van der Waals surface area contributed by atoms with E-state index in [2.05, 4.69) is 33.4 Å². The monoisotopic (exact) mass is 478 g/mol. The summed E-state index contributed by atoms with van der Waals surface area (Å²) in [5.74, 6) is 0.495. The van der Waals surface area contributed by atoms with E-state index in [1.165, 1.54) is 40.6 Å². The first kappa shape index (κ1) is 21.4. The molecule has 5 nitrogen and oxygen atoms in total. The molecule has 0 bridgehead atoms. The Bertz CT molecular complexity index is 1550. The number of ketones is 1. The van der Waals surface area contributed by atoms with Gasteiger partial charge in [0, 0.05) is 29.2 Å². The first-order valence-corrected chi connectivity index (χ1v) is 12.1. The quantitative estimate of drug-likeness (QED) is 0.217. The molecule has 0 aliphatic heterocycles. The molecule has 2 heterocycles. The fourth-order valence-electron chi connectivity index (χ4n) is 4.38. The number of carbonyl (C=O) groups is 1. The van der Waals surface area contributed by atoms with Crippen LogP contribution in [0.15, 0.2) is 96.4 Å². The van der Waals surface area contributed by atoms with Crippen molar-refractivity contribution in [2.75, 3.05) is 5.75 Å². The molecule has 0 N–H and O–H groups in total. The summed E-state index contributed by atoms with van der Waals surface area (Å²) in [6.45, 7) is 0. The molecule has 0 unspecified atom stereocenters. The summed E-state index contributed by atoms with van der Waals surface area (Å²) in [6.07, 6.45) is 4.26. The van der Waals surface area contributed by atoms with Crippen LogP contribution in [0.4, 0.5) is 4.39 Å². The number of carbonyl (C=O) groups excluding carboxylic acids is 1. The fourth-order valence-corrected chi connectivity index (χ4v) is 5.23. The van der Waals surface area contributed by atoms with Crippen LogP contribution in [-0.4, -0.2) is 31.3 Å². The Kier molecular flexibility index (Phi) is 5.47. The Balaban J connectivity index is 1.29. The van der Waals surface area contributed by atoms with E-state index in [0.29, 0.717) is 22.2 Å². The SMILES string of the molecule is O=C(CSc1nnc(-c2ccncc2)n1-c1ccc(F)cc1)c1ccc2c(c1)-c1ccccc1C2. The minimum absolute atomic E-state index is 0.0151. The van der Waals surface area contributed by atoms with Crippen LogP contribution < -0.4 is 0 Å². The lowest BCUT2D eigenvalue weighted by molar-refractivity contribution is 0.102. The van der Waals surface area contributed by atoms with Gasteiger partial charge in [-0.2, -0.15) is 0 Å². The van der Waals surface area contributed by atoms with Crippen LogP contribution in [0.1, 0.15) is 21.5 Å². The van der Waals surface area contributed by atoms with Gasteiger partial charge in [-0.15, -0.1) is 10.2 Å². The second kappa shape index (κ2) is 8.92. The summed E-state index contributed by atoms with van der Waals surface area (Å²) in [5, 5.41) is 9.28. The van der Waals surface area contributed by atoms with Gasteiger partial charge in [0.25, 0.3) is 0 Å². The number of halogens is 1. The second-order valence-corrected chi connectivity index (χ2v) is 9.21.